The molecule has 0 aromatic rings. The molecule has 0 aromatic carbocycles. The third-order valence-corrected chi connectivity index (χ3v) is 14.4. The third kappa shape index (κ3) is 6.16. The minimum atomic E-state index is -1.68. The molecule has 0 bridgehead atoms. The average Bonchev–Trinajstić information content (AvgIpc) is 3.61. The Kier molecular flexibility index (Phi) is 10.4. The lowest BCUT2D eigenvalue weighted by atomic mass is 9.43. The van der Waals surface area contributed by atoms with E-state index < -0.39 is 97.1 Å². The Balaban J connectivity index is 1.01. The molecule has 7 aliphatic rings. The van der Waals surface area contributed by atoms with Crippen molar-refractivity contribution >= 4 is 11.9 Å². The van der Waals surface area contributed by atoms with Crippen LogP contribution >= 0.6 is 0 Å². The number of aliphatic hydroxyl groups excluding tert-OH is 6. The zero-order valence-corrected chi connectivity index (χ0v) is 30.3. The predicted molar refractivity (Wildman–Crippen MR) is 177 cm³/mol. The summed E-state index contributed by atoms with van der Waals surface area (Å²) in [5.41, 5.74) is -1.02. The number of hydrogen-bond donors (Lipinski definition) is 7. The minimum Gasteiger partial charge on any atom is -0.462 e. The predicted octanol–water partition coefficient (Wildman–Crippen LogP) is -0.178. The summed E-state index contributed by atoms with van der Waals surface area (Å²) >= 11 is 0. The zero-order chi connectivity index (χ0) is 37.5. The number of aliphatic hydroxyl groups is 7. The largest absolute Gasteiger partial charge is 0.462 e. The molecular weight excluding hydrogens is 684 g/mol. The first-order valence-corrected chi connectivity index (χ1v) is 18.9. The van der Waals surface area contributed by atoms with Gasteiger partial charge >= 0.3 is 11.9 Å². The lowest BCUT2D eigenvalue weighted by Gasteiger charge is -2.63. The molecule has 15 heteroatoms. The summed E-state index contributed by atoms with van der Waals surface area (Å²) in [5, 5.41) is 75.2. The molecule has 2 saturated heterocycles. The molecule has 7 N–H and O–H groups in total. The maximum Gasteiger partial charge on any atom is 0.331 e. The van der Waals surface area contributed by atoms with Crippen molar-refractivity contribution in [2.75, 3.05) is 13.2 Å². The van der Waals surface area contributed by atoms with E-state index in [0.29, 0.717) is 25.7 Å². The second-order valence-corrected chi connectivity index (χ2v) is 17.1. The van der Waals surface area contributed by atoms with Crippen molar-refractivity contribution in [3.05, 3.63) is 11.6 Å². The molecule has 4 saturated carbocycles. The Labute approximate surface area is 303 Å². The van der Waals surface area contributed by atoms with Crippen molar-refractivity contribution in [1.29, 1.82) is 0 Å². The van der Waals surface area contributed by atoms with Gasteiger partial charge in [0.2, 0.25) is 0 Å². The molecule has 4 aliphatic carbocycles. The van der Waals surface area contributed by atoms with Crippen molar-refractivity contribution in [3.63, 3.8) is 0 Å². The van der Waals surface area contributed by atoms with Crippen LogP contribution in [0, 0.1) is 34.5 Å². The number of fused-ring (bicyclic) bond motifs is 5. The molecule has 0 spiro atoms. The van der Waals surface area contributed by atoms with Gasteiger partial charge in [0, 0.05) is 30.8 Å². The van der Waals surface area contributed by atoms with Crippen molar-refractivity contribution in [2.45, 2.75) is 158 Å². The standard InChI is InChI=1S/C37H56O15/c1-16-32(52-34-30(44)28(42)27(41)24(14-38)51-34)29(43)31(45)33(48-16)50-20-7-9-35(3)19(12-20)5-6-22-21(35)8-10-36(4)26(18-11-25(40)47-15-18)23(49-17(2)39)13-37(22,36)46/h11,16,19-24,26-34,38,41-46H,5-10,12-15H2,1-4H3/t16?,19-,20+,21?,22?,23+,24?,26+,27-,28?,29?,30+,31?,32?,33?,34+,35+,36-,37+/m1/s1. The molecular formula is C37H56O15. The SMILES string of the molecule is CC(=O)O[C@H]1C[C@]2(O)C3CC[C@@H]4C[C@@H](OC5OC(C)C(O[C@@H]6OC(CO)[C@@H](O)C(O)[C@@H]6O)C(O)C5O)CC[C@]4(C)C3CC[C@]2(C)[C@H]1C1=CC(=O)OC1. The summed E-state index contributed by atoms with van der Waals surface area (Å²) in [7, 11) is 0. The van der Waals surface area contributed by atoms with Crippen molar-refractivity contribution in [1.82, 2.24) is 0 Å². The van der Waals surface area contributed by atoms with Gasteiger partial charge in [-0.2, -0.15) is 0 Å². The van der Waals surface area contributed by atoms with Gasteiger partial charge in [0.25, 0.3) is 0 Å². The van der Waals surface area contributed by atoms with E-state index in [4.69, 9.17) is 28.4 Å². The van der Waals surface area contributed by atoms with E-state index >= 15 is 0 Å². The molecule has 3 aliphatic heterocycles. The quantitative estimate of drug-likeness (QED) is 0.133. The van der Waals surface area contributed by atoms with Gasteiger partial charge in [-0.05, 0) is 80.6 Å². The first-order valence-electron chi connectivity index (χ1n) is 18.9. The fourth-order valence-corrected chi connectivity index (χ4v) is 11.7. The van der Waals surface area contributed by atoms with E-state index in [0.717, 1.165) is 31.3 Å². The molecule has 294 valence electrons. The summed E-state index contributed by atoms with van der Waals surface area (Å²) in [4.78, 5) is 24.3. The molecule has 9 unspecified atom stereocenters. The first kappa shape index (κ1) is 38.5. The number of hydrogen-bond acceptors (Lipinski definition) is 15. The number of carbonyl (C=O) groups is 2. The van der Waals surface area contributed by atoms with E-state index in [2.05, 4.69) is 13.8 Å². The van der Waals surface area contributed by atoms with Crippen molar-refractivity contribution in [3.8, 4) is 0 Å². The number of carbonyl (C=O) groups excluding carboxylic acids is 2. The summed E-state index contributed by atoms with van der Waals surface area (Å²) in [6.07, 6.45) is -7.32. The number of ether oxygens (including phenoxy) is 6. The summed E-state index contributed by atoms with van der Waals surface area (Å²) in [6, 6.07) is 0. The fourth-order valence-electron chi connectivity index (χ4n) is 11.7. The van der Waals surface area contributed by atoms with Crippen LogP contribution in [0.15, 0.2) is 11.6 Å². The van der Waals surface area contributed by atoms with Crippen LogP contribution in [0.1, 0.15) is 79.1 Å². The van der Waals surface area contributed by atoms with Gasteiger partial charge < -0.3 is 64.2 Å². The Morgan fingerprint density at radius 3 is 2.29 bits per heavy atom. The normalized spacial score (nSPS) is 53.3. The van der Waals surface area contributed by atoms with Crippen LogP contribution in [0.4, 0.5) is 0 Å². The molecule has 3 heterocycles. The van der Waals surface area contributed by atoms with Crippen LogP contribution in [0.3, 0.4) is 0 Å². The number of cyclic esters (lactones) is 1. The fraction of sp³-hybridized carbons (Fsp3) is 0.892. The van der Waals surface area contributed by atoms with E-state index in [-0.39, 0.29) is 41.8 Å². The van der Waals surface area contributed by atoms with Gasteiger partial charge in [0.15, 0.2) is 12.6 Å². The zero-order valence-electron chi connectivity index (χ0n) is 30.3. The molecule has 0 amide bonds. The van der Waals surface area contributed by atoms with Gasteiger partial charge in [-0.15, -0.1) is 0 Å². The molecule has 7 rings (SSSR count). The Hall–Kier alpha value is -1.76. The second-order valence-electron chi connectivity index (χ2n) is 17.1. The lowest BCUT2D eigenvalue weighted by Crippen LogP contribution is -2.64. The van der Waals surface area contributed by atoms with Crippen molar-refractivity contribution < 1.29 is 73.8 Å². The molecule has 0 radical (unpaired) electrons. The summed E-state index contributed by atoms with van der Waals surface area (Å²) in [5.74, 6) is -0.667. The molecule has 52 heavy (non-hydrogen) atoms. The number of esters is 2. The molecule has 0 aromatic heterocycles. The van der Waals surface area contributed by atoms with E-state index in [9.17, 15) is 45.3 Å². The van der Waals surface area contributed by atoms with Gasteiger partial charge in [0.05, 0.1) is 24.4 Å². The molecule has 19 atom stereocenters. The van der Waals surface area contributed by atoms with Crippen LogP contribution in [0.25, 0.3) is 0 Å². The Morgan fingerprint density at radius 2 is 1.62 bits per heavy atom. The highest BCUT2D eigenvalue weighted by molar-refractivity contribution is 5.85. The maximum absolute atomic E-state index is 12.8. The van der Waals surface area contributed by atoms with Crippen LogP contribution in [-0.4, -0.2) is 140 Å². The van der Waals surface area contributed by atoms with Crippen molar-refractivity contribution in [2.24, 2.45) is 34.5 Å². The molecule has 6 fully saturated rings. The van der Waals surface area contributed by atoms with E-state index in [1.807, 2.05) is 0 Å². The van der Waals surface area contributed by atoms with Crippen LogP contribution in [-0.2, 0) is 38.0 Å². The Bertz CT molecular complexity index is 1390. The monoisotopic (exact) mass is 740 g/mol. The maximum atomic E-state index is 12.8. The highest BCUT2D eigenvalue weighted by atomic mass is 16.7. The second kappa shape index (κ2) is 14.1. The van der Waals surface area contributed by atoms with Gasteiger partial charge in [-0.25, -0.2) is 4.79 Å². The van der Waals surface area contributed by atoms with Gasteiger partial charge in [-0.1, -0.05) is 13.8 Å². The Morgan fingerprint density at radius 1 is 0.904 bits per heavy atom. The van der Waals surface area contributed by atoms with E-state index in [1.165, 1.54) is 13.0 Å². The van der Waals surface area contributed by atoms with Crippen LogP contribution in [0.2, 0.25) is 0 Å². The summed E-state index contributed by atoms with van der Waals surface area (Å²) in [6.45, 7) is 6.90. The topological polar surface area (TPSA) is 231 Å². The highest BCUT2D eigenvalue weighted by Gasteiger charge is 2.71. The molecule has 15 nitrogen and oxygen atoms in total. The van der Waals surface area contributed by atoms with Crippen LogP contribution < -0.4 is 0 Å². The first-order chi connectivity index (χ1) is 24.5. The smallest absolute Gasteiger partial charge is 0.331 e. The lowest BCUT2D eigenvalue weighted by molar-refractivity contribution is -0.360. The van der Waals surface area contributed by atoms with Gasteiger partial charge in [-0.3, -0.25) is 4.79 Å². The van der Waals surface area contributed by atoms with Gasteiger partial charge in [0.1, 0.15) is 55.4 Å². The average molecular weight is 741 g/mol. The highest BCUT2D eigenvalue weighted by Crippen LogP contribution is 2.70. The summed E-state index contributed by atoms with van der Waals surface area (Å²) < 4.78 is 34.7. The third-order valence-electron chi connectivity index (χ3n) is 14.4. The number of rotatable bonds is 7. The minimum absolute atomic E-state index is 0.0215. The van der Waals surface area contributed by atoms with Crippen LogP contribution in [0.5, 0.6) is 0 Å². The van der Waals surface area contributed by atoms with E-state index in [1.54, 1.807) is 6.92 Å².